The highest BCUT2D eigenvalue weighted by Crippen LogP contribution is 2.31. The summed E-state index contributed by atoms with van der Waals surface area (Å²) in [4.78, 5) is 23.5. The van der Waals surface area contributed by atoms with Crippen LogP contribution in [0.5, 0.6) is 0 Å². The summed E-state index contributed by atoms with van der Waals surface area (Å²) in [6.45, 7) is 0.451. The molecule has 134 valence electrons. The lowest BCUT2D eigenvalue weighted by atomic mass is 9.83. The molecule has 5 N–H and O–H groups in total. The molecule has 3 rings (SSSR count). The largest absolute Gasteiger partial charge is 0.378 e. The van der Waals surface area contributed by atoms with Crippen LogP contribution in [0.2, 0.25) is 0 Å². The lowest BCUT2D eigenvalue weighted by molar-refractivity contribution is -0.385. The standard InChI is InChI=1S/C15H21N7O2S/c16-10-3-1-9(2-4-10)7-11-13(22(23)24)14(17)21-15(20-11)19-8-12-18-5-6-25-12/h5-6,9-10H,1-4,7-8,16H2,(H3,17,19,20,21). The van der Waals surface area contributed by atoms with Crippen molar-refractivity contribution < 1.29 is 4.92 Å². The van der Waals surface area contributed by atoms with Gasteiger partial charge < -0.3 is 16.8 Å². The number of hydrogen-bond donors (Lipinski definition) is 3. The van der Waals surface area contributed by atoms with E-state index in [0.717, 1.165) is 30.7 Å². The Morgan fingerprint density at radius 1 is 1.32 bits per heavy atom. The highest BCUT2D eigenvalue weighted by Gasteiger charge is 2.27. The first-order valence-electron chi connectivity index (χ1n) is 8.21. The van der Waals surface area contributed by atoms with Gasteiger partial charge in [-0.15, -0.1) is 11.3 Å². The van der Waals surface area contributed by atoms with E-state index in [2.05, 4.69) is 20.3 Å². The molecule has 1 aliphatic rings. The molecule has 9 nitrogen and oxygen atoms in total. The third-order valence-corrected chi connectivity index (χ3v) is 5.20. The maximum atomic E-state index is 11.4. The molecule has 2 heterocycles. The minimum atomic E-state index is -0.496. The van der Waals surface area contributed by atoms with Crippen LogP contribution in [0.25, 0.3) is 0 Å². The zero-order valence-electron chi connectivity index (χ0n) is 13.7. The quantitative estimate of drug-likeness (QED) is 0.522. The second kappa shape index (κ2) is 7.70. The Labute approximate surface area is 149 Å². The zero-order valence-corrected chi connectivity index (χ0v) is 14.5. The van der Waals surface area contributed by atoms with Crippen molar-refractivity contribution in [2.45, 2.75) is 44.7 Å². The van der Waals surface area contributed by atoms with Crippen LogP contribution in [-0.4, -0.2) is 25.9 Å². The van der Waals surface area contributed by atoms with Gasteiger partial charge in [0.05, 0.1) is 11.5 Å². The van der Waals surface area contributed by atoms with Gasteiger partial charge in [0.2, 0.25) is 11.8 Å². The molecule has 1 saturated carbocycles. The minimum absolute atomic E-state index is 0.107. The summed E-state index contributed by atoms with van der Waals surface area (Å²) in [5.41, 5.74) is 12.0. The van der Waals surface area contributed by atoms with E-state index >= 15 is 0 Å². The van der Waals surface area contributed by atoms with E-state index in [1.165, 1.54) is 11.3 Å². The third kappa shape index (κ3) is 4.40. The van der Waals surface area contributed by atoms with Crippen molar-refractivity contribution in [3.8, 4) is 0 Å². The molecule has 0 saturated heterocycles. The Hall–Kier alpha value is -2.33. The fourth-order valence-corrected chi connectivity index (χ4v) is 3.66. The lowest BCUT2D eigenvalue weighted by Crippen LogP contribution is -2.27. The van der Waals surface area contributed by atoms with Crippen LogP contribution in [0, 0.1) is 16.0 Å². The number of nitro groups is 1. The van der Waals surface area contributed by atoms with Gasteiger partial charge in [-0.25, -0.2) is 9.97 Å². The number of aromatic nitrogens is 3. The topological polar surface area (TPSA) is 146 Å². The van der Waals surface area contributed by atoms with Crippen molar-refractivity contribution in [1.82, 2.24) is 15.0 Å². The zero-order chi connectivity index (χ0) is 17.8. The summed E-state index contributed by atoms with van der Waals surface area (Å²) in [7, 11) is 0. The Kier molecular flexibility index (Phi) is 5.39. The fraction of sp³-hybridized carbons (Fsp3) is 0.533. The van der Waals surface area contributed by atoms with Crippen LogP contribution < -0.4 is 16.8 Å². The maximum absolute atomic E-state index is 11.4. The fourth-order valence-electron chi connectivity index (χ4n) is 3.10. The molecule has 0 aliphatic heterocycles. The summed E-state index contributed by atoms with van der Waals surface area (Å²) in [6, 6.07) is 0.234. The normalized spacial score (nSPS) is 20.4. The van der Waals surface area contributed by atoms with Gasteiger partial charge >= 0.3 is 5.69 Å². The number of nitrogens with one attached hydrogen (secondary N) is 1. The summed E-state index contributed by atoms with van der Waals surface area (Å²) < 4.78 is 0. The molecule has 0 spiro atoms. The predicted molar refractivity (Wildman–Crippen MR) is 96.2 cm³/mol. The maximum Gasteiger partial charge on any atom is 0.332 e. The van der Waals surface area contributed by atoms with Gasteiger partial charge in [0, 0.05) is 17.6 Å². The van der Waals surface area contributed by atoms with Crippen LogP contribution in [-0.2, 0) is 13.0 Å². The molecule has 1 aliphatic carbocycles. The summed E-state index contributed by atoms with van der Waals surface area (Å²) >= 11 is 1.51. The van der Waals surface area contributed by atoms with E-state index in [0.29, 0.717) is 30.5 Å². The van der Waals surface area contributed by atoms with E-state index in [4.69, 9.17) is 11.5 Å². The van der Waals surface area contributed by atoms with Crippen molar-refractivity contribution >= 4 is 28.8 Å². The molecular weight excluding hydrogens is 342 g/mol. The summed E-state index contributed by atoms with van der Waals surface area (Å²) in [6.07, 6.45) is 6.00. The Morgan fingerprint density at radius 2 is 2.08 bits per heavy atom. The monoisotopic (exact) mass is 363 g/mol. The molecule has 0 radical (unpaired) electrons. The van der Waals surface area contributed by atoms with Crippen molar-refractivity contribution in [1.29, 1.82) is 0 Å². The van der Waals surface area contributed by atoms with Gasteiger partial charge in [-0.2, -0.15) is 4.98 Å². The number of nitrogen functional groups attached to an aromatic ring is 1. The number of thiazole rings is 1. The average molecular weight is 363 g/mol. The van der Waals surface area contributed by atoms with Gasteiger partial charge in [-0.3, -0.25) is 10.1 Å². The molecule has 0 aromatic carbocycles. The molecular formula is C15H21N7O2S. The van der Waals surface area contributed by atoms with Gasteiger partial charge in [0.25, 0.3) is 0 Å². The molecule has 10 heteroatoms. The third-order valence-electron chi connectivity index (χ3n) is 4.42. The smallest absolute Gasteiger partial charge is 0.332 e. The molecule has 0 atom stereocenters. The van der Waals surface area contributed by atoms with Gasteiger partial charge in [-0.1, -0.05) is 0 Å². The van der Waals surface area contributed by atoms with E-state index < -0.39 is 4.92 Å². The second-order valence-electron chi connectivity index (χ2n) is 6.25. The van der Waals surface area contributed by atoms with Crippen LogP contribution in [0.4, 0.5) is 17.5 Å². The van der Waals surface area contributed by atoms with Crippen molar-refractivity contribution in [3.63, 3.8) is 0 Å². The SMILES string of the molecule is Nc1nc(NCc2nccs2)nc(CC2CCC(N)CC2)c1[N+](=O)[O-]. The molecule has 0 amide bonds. The molecule has 0 unspecified atom stereocenters. The first-order chi connectivity index (χ1) is 12.0. The highest BCUT2D eigenvalue weighted by atomic mass is 32.1. The van der Waals surface area contributed by atoms with Gasteiger partial charge in [-0.05, 0) is 38.0 Å². The molecule has 0 bridgehead atoms. The highest BCUT2D eigenvalue weighted by molar-refractivity contribution is 7.09. The average Bonchev–Trinajstić information content (AvgIpc) is 3.08. The Morgan fingerprint density at radius 3 is 2.72 bits per heavy atom. The van der Waals surface area contributed by atoms with Crippen LogP contribution in [0.15, 0.2) is 11.6 Å². The van der Waals surface area contributed by atoms with E-state index in [9.17, 15) is 10.1 Å². The molecule has 2 aromatic heterocycles. The van der Waals surface area contributed by atoms with Crippen molar-refractivity contribution in [2.24, 2.45) is 11.7 Å². The van der Waals surface area contributed by atoms with Crippen LogP contribution >= 0.6 is 11.3 Å². The molecule has 2 aromatic rings. The van der Waals surface area contributed by atoms with Crippen LogP contribution in [0.3, 0.4) is 0 Å². The number of nitrogens with two attached hydrogens (primary N) is 2. The Bertz CT molecular complexity index is 730. The number of nitrogens with zero attached hydrogens (tertiary/aromatic N) is 4. The van der Waals surface area contributed by atoms with Gasteiger partial charge in [0.15, 0.2) is 0 Å². The minimum Gasteiger partial charge on any atom is -0.378 e. The predicted octanol–water partition coefficient (Wildman–Crippen LogP) is 2.10. The molecule has 1 fully saturated rings. The number of anilines is 2. The van der Waals surface area contributed by atoms with Gasteiger partial charge in [0.1, 0.15) is 10.7 Å². The number of hydrogen-bond acceptors (Lipinski definition) is 9. The van der Waals surface area contributed by atoms with E-state index in [1.807, 2.05) is 5.38 Å². The van der Waals surface area contributed by atoms with E-state index in [-0.39, 0.29) is 17.5 Å². The number of rotatable bonds is 6. The first kappa shape index (κ1) is 17.5. The van der Waals surface area contributed by atoms with E-state index in [1.54, 1.807) is 6.20 Å². The summed E-state index contributed by atoms with van der Waals surface area (Å²) in [5.74, 6) is 0.518. The molecule has 25 heavy (non-hydrogen) atoms. The summed E-state index contributed by atoms with van der Waals surface area (Å²) in [5, 5.41) is 17.2. The first-order valence-corrected chi connectivity index (χ1v) is 9.09. The van der Waals surface area contributed by atoms with Crippen molar-refractivity contribution in [3.05, 3.63) is 32.4 Å². The lowest BCUT2D eigenvalue weighted by Gasteiger charge is -2.25. The van der Waals surface area contributed by atoms with Crippen LogP contribution in [0.1, 0.15) is 36.4 Å². The second-order valence-corrected chi connectivity index (χ2v) is 7.23. The Balaban J connectivity index is 1.79. The van der Waals surface area contributed by atoms with Crippen molar-refractivity contribution in [2.75, 3.05) is 11.1 Å².